The number of fused-ring (bicyclic) bond motifs is 1. The van der Waals surface area contributed by atoms with Gasteiger partial charge in [-0.3, -0.25) is 0 Å². The minimum absolute atomic E-state index is 0.608. The molecule has 2 aliphatic carbocycles. The van der Waals surface area contributed by atoms with E-state index in [9.17, 15) is 0 Å². The van der Waals surface area contributed by atoms with Crippen LogP contribution in [0, 0.1) is 17.8 Å². The molecule has 3 atom stereocenters. The molecule has 0 heterocycles. The van der Waals surface area contributed by atoms with Crippen molar-refractivity contribution < 1.29 is 0 Å². The van der Waals surface area contributed by atoms with Crippen LogP contribution >= 0.6 is 0 Å². The standard InChI is InChI=1S/C17H25N/c1-3-12-7-5-8-13(11-12)17(18-4-2)16-14-9-6-10-15(14)16/h5,7-8,11,14-18H,3-4,6,9-10H2,1-2H3. The lowest BCUT2D eigenvalue weighted by atomic mass is 9.95. The third-order valence-corrected chi connectivity index (χ3v) is 5.00. The quantitative estimate of drug-likeness (QED) is 0.826. The molecule has 98 valence electrons. The van der Waals surface area contributed by atoms with E-state index in [-0.39, 0.29) is 0 Å². The number of aryl methyl sites for hydroxylation is 1. The molecule has 2 fully saturated rings. The van der Waals surface area contributed by atoms with Crippen molar-refractivity contribution in [1.29, 1.82) is 0 Å². The topological polar surface area (TPSA) is 12.0 Å². The SMILES string of the molecule is CCNC(c1cccc(CC)c1)C1C2CCCC21. The van der Waals surface area contributed by atoms with Gasteiger partial charge in [0.1, 0.15) is 0 Å². The number of hydrogen-bond acceptors (Lipinski definition) is 1. The van der Waals surface area contributed by atoms with Crippen LogP contribution in [0.15, 0.2) is 24.3 Å². The first-order valence-corrected chi connectivity index (χ1v) is 7.67. The Morgan fingerprint density at radius 1 is 1.22 bits per heavy atom. The van der Waals surface area contributed by atoms with Gasteiger partial charge in [-0.05, 0) is 54.7 Å². The predicted octanol–water partition coefficient (Wildman–Crippen LogP) is 3.95. The van der Waals surface area contributed by atoms with Crippen molar-refractivity contribution in [3.8, 4) is 0 Å². The molecule has 1 heteroatoms. The fourth-order valence-corrected chi connectivity index (χ4v) is 4.07. The predicted molar refractivity (Wildman–Crippen MR) is 76.6 cm³/mol. The second-order valence-electron chi connectivity index (χ2n) is 5.97. The zero-order valence-corrected chi connectivity index (χ0v) is 11.7. The Balaban J connectivity index is 1.80. The summed E-state index contributed by atoms with van der Waals surface area (Å²) in [6.45, 7) is 5.55. The van der Waals surface area contributed by atoms with Crippen molar-refractivity contribution in [2.45, 2.75) is 45.6 Å². The van der Waals surface area contributed by atoms with Gasteiger partial charge in [0.2, 0.25) is 0 Å². The average molecular weight is 243 g/mol. The van der Waals surface area contributed by atoms with E-state index < -0.39 is 0 Å². The van der Waals surface area contributed by atoms with Crippen LogP contribution in [0.1, 0.15) is 50.3 Å². The smallest absolute Gasteiger partial charge is 0.0354 e. The molecule has 0 bridgehead atoms. The van der Waals surface area contributed by atoms with Crippen molar-refractivity contribution in [2.24, 2.45) is 17.8 Å². The fraction of sp³-hybridized carbons (Fsp3) is 0.647. The number of nitrogens with one attached hydrogen (secondary N) is 1. The lowest BCUT2D eigenvalue weighted by Crippen LogP contribution is -2.24. The van der Waals surface area contributed by atoms with Crippen molar-refractivity contribution >= 4 is 0 Å². The maximum absolute atomic E-state index is 3.74. The van der Waals surface area contributed by atoms with Gasteiger partial charge in [-0.15, -0.1) is 0 Å². The van der Waals surface area contributed by atoms with Crippen LogP contribution in [0.5, 0.6) is 0 Å². The Morgan fingerprint density at radius 3 is 2.67 bits per heavy atom. The molecule has 18 heavy (non-hydrogen) atoms. The summed E-state index contributed by atoms with van der Waals surface area (Å²) in [6, 6.07) is 9.83. The lowest BCUT2D eigenvalue weighted by molar-refractivity contribution is 0.425. The molecule has 0 saturated heterocycles. The summed E-state index contributed by atoms with van der Waals surface area (Å²) in [6.07, 6.45) is 5.57. The van der Waals surface area contributed by atoms with Gasteiger partial charge in [-0.1, -0.05) is 44.5 Å². The van der Waals surface area contributed by atoms with Gasteiger partial charge in [0, 0.05) is 6.04 Å². The summed E-state index contributed by atoms with van der Waals surface area (Å²) in [5.74, 6) is 2.98. The van der Waals surface area contributed by atoms with Crippen molar-refractivity contribution in [3.63, 3.8) is 0 Å². The third-order valence-electron chi connectivity index (χ3n) is 5.00. The molecule has 0 spiro atoms. The molecular weight excluding hydrogens is 218 g/mol. The Labute approximate surface area is 111 Å². The van der Waals surface area contributed by atoms with Gasteiger partial charge in [-0.2, -0.15) is 0 Å². The van der Waals surface area contributed by atoms with Crippen molar-refractivity contribution in [1.82, 2.24) is 5.32 Å². The summed E-state index contributed by atoms with van der Waals surface area (Å²) in [7, 11) is 0. The molecule has 3 unspecified atom stereocenters. The molecule has 1 nitrogen and oxygen atoms in total. The van der Waals surface area contributed by atoms with Crippen LogP contribution in [-0.2, 0) is 6.42 Å². The second kappa shape index (κ2) is 5.05. The lowest BCUT2D eigenvalue weighted by Gasteiger charge is -2.21. The van der Waals surface area contributed by atoms with Gasteiger partial charge < -0.3 is 5.32 Å². The normalized spacial score (nSPS) is 31.1. The first kappa shape index (κ1) is 12.2. The Hall–Kier alpha value is -0.820. The minimum Gasteiger partial charge on any atom is -0.310 e. The van der Waals surface area contributed by atoms with E-state index in [0.717, 1.165) is 30.7 Å². The van der Waals surface area contributed by atoms with E-state index in [1.54, 1.807) is 0 Å². The van der Waals surface area contributed by atoms with Crippen LogP contribution in [0.25, 0.3) is 0 Å². The van der Waals surface area contributed by atoms with Crippen LogP contribution in [-0.4, -0.2) is 6.54 Å². The van der Waals surface area contributed by atoms with E-state index in [0.29, 0.717) is 6.04 Å². The Morgan fingerprint density at radius 2 is 2.00 bits per heavy atom. The second-order valence-corrected chi connectivity index (χ2v) is 5.97. The maximum atomic E-state index is 3.74. The highest BCUT2D eigenvalue weighted by Gasteiger charge is 2.55. The Kier molecular flexibility index (Phi) is 3.43. The first-order valence-electron chi connectivity index (χ1n) is 7.67. The summed E-state index contributed by atoms with van der Waals surface area (Å²) in [5, 5.41) is 3.74. The molecule has 1 aromatic carbocycles. The molecule has 2 saturated carbocycles. The van der Waals surface area contributed by atoms with Crippen LogP contribution in [0.3, 0.4) is 0 Å². The van der Waals surface area contributed by atoms with Crippen LogP contribution in [0.2, 0.25) is 0 Å². The molecule has 3 rings (SSSR count). The highest BCUT2D eigenvalue weighted by atomic mass is 14.9. The highest BCUT2D eigenvalue weighted by molar-refractivity contribution is 5.29. The summed E-state index contributed by atoms with van der Waals surface area (Å²) in [5.41, 5.74) is 3.00. The van der Waals surface area contributed by atoms with E-state index in [1.165, 1.54) is 30.4 Å². The molecule has 2 aliphatic rings. The Bertz CT molecular complexity index is 402. The third kappa shape index (κ3) is 2.09. The zero-order chi connectivity index (χ0) is 12.5. The van der Waals surface area contributed by atoms with E-state index in [1.807, 2.05) is 0 Å². The zero-order valence-electron chi connectivity index (χ0n) is 11.7. The maximum Gasteiger partial charge on any atom is 0.0354 e. The largest absolute Gasteiger partial charge is 0.310 e. The first-order chi connectivity index (χ1) is 8.85. The summed E-state index contributed by atoms with van der Waals surface area (Å²) < 4.78 is 0. The van der Waals surface area contributed by atoms with Crippen molar-refractivity contribution in [3.05, 3.63) is 35.4 Å². The minimum atomic E-state index is 0.608. The van der Waals surface area contributed by atoms with E-state index >= 15 is 0 Å². The number of hydrogen-bond donors (Lipinski definition) is 1. The molecule has 0 aliphatic heterocycles. The molecule has 0 amide bonds. The monoisotopic (exact) mass is 243 g/mol. The number of benzene rings is 1. The van der Waals surface area contributed by atoms with Crippen LogP contribution in [0.4, 0.5) is 0 Å². The molecular formula is C17H25N. The summed E-state index contributed by atoms with van der Waals surface area (Å²) >= 11 is 0. The van der Waals surface area contributed by atoms with E-state index in [2.05, 4.69) is 43.4 Å². The molecule has 1 aromatic rings. The molecule has 0 radical (unpaired) electrons. The average Bonchev–Trinajstić information content (AvgIpc) is 2.87. The van der Waals surface area contributed by atoms with Gasteiger partial charge in [0.25, 0.3) is 0 Å². The van der Waals surface area contributed by atoms with Gasteiger partial charge >= 0.3 is 0 Å². The fourth-order valence-electron chi connectivity index (χ4n) is 4.07. The molecule has 1 N–H and O–H groups in total. The van der Waals surface area contributed by atoms with Crippen LogP contribution < -0.4 is 5.32 Å². The number of rotatable bonds is 5. The van der Waals surface area contributed by atoms with Crippen molar-refractivity contribution in [2.75, 3.05) is 6.54 Å². The highest BCUT2D eigenvalue weighted by Crippen LogP contribution is 2.62. The summed E-state index contributed by atoms with van der Waals surface area (Å²) in [4.78, 5) is 0. The van der Waals surface area contributed by atoms with Gasteiger partial charge in [-0.25, -0.2) is 0 Å². The molecule has 0 aromatic heterocycles. The van der Waals surface area contributed by atoms with Gasteiger partial charge in [0.15, 0.2) is 0 Å². The van der Waals surface area contributed by atoms with E-state index in [4.69, 9.17) is 0 Å². The van der Waals surface area contributed by atoms with Gasteiger partial charge in [0.05, 0.1) is 0 Å².